The van der Waals surface area contributed by atoms with Crippen LogP contribution in [0.1, 0.15) is 30.9 Å². The van der Waals surface area contributed by atoms with Crippen molar-refractivity contribution in [2.45, 2.75) is 32.7 Å². The Hall–Kier alpha value is -2.04. The number of amidine groups is 1. The fourth-order valence-electron chi connectivity index (χ4n) is 3.69. The third-order valence-corrected chi connectivity index (χ3v) is 4.82. The van der Waals surface area contributed by atoms with E-state index in [1.165, 1.54) is 11.1 Å². The minimum absolute atomic E-state index is 0.00500. The smallest absolute Gasteiger partial charge is 0.236 e. The first-order chi connectivity index (χ1) is 10.1. The van der Waals surface area contributed by atoms with Crippen molar-refractivity contribution in [1.82, 2.24) is 4.90 Å². The van der Waals surface area contributed by atoms with Crippen molar-refractivity contribution < 1.29 is 10.0 Å². The summed E-state index contributed by atoms with van der Waals surface area (Å²) in [7, 11) is 0. The van der Waals surface area contributed by atoms with E-state index in [-0.39, 0.29) is 11.7 Å². The molecule has 3 rings (SSSR count). The van der Waals surface area contributed by atoms with Crippen LogP contribution in [0, 0.1) is 11.3 Å². The molecule has 1 aliphatic carbocycles. The second-order valence-electron chi connectivity index (χ2n) is 6.33. The molecule has 1 heterocycles. The van der Waals surface area contributed by atoms with Gasteiger partial charge >= 0.3 is 0 Å². The van der Waals surface area contributed by atoms with Gasteiger partial charge in [-0.1, -0.05) is 36.3 Å². The molecule has 3 N–H and O–H groups in total. The molecule has 5 nitrogen and oxygen atoms in total. The molecule has 2 aliphatic rings. The molecule has 0 bridgehead atoms. The number of hydrogen-bond acceptors (Lipinski definition) is 3. The summed E-state index contributed by atoms with van der Waals surface area (Å²) in [6.45, 7) is 3.40. The van der Waals surface area contributed by atoms with Gasteiger partial charge in [0.1, 0.15) is 5.41 Å². The van der Waals surface area contributed by atoms with Crippen molar-refractivity contribution in [2.75, 3.05) is 6.54 Å². The molecule has 21 heavy (non-hydrogen) atoms. The number of hydrogen-bond donors (Lipinski definition) is 2. The van der Waals surface area contributed by atoms with Crippen molar-refractivity contribution >= 4 is 11.7 Å². The van der Waals surface area contributed by atoms with Gasteiger partial charge in [-0.05, 0) is 36.3 Å². The fourth-order valence-corrected chi connectivity index (χ4v) is 3.69. The normalized spacial score (nSPS) is 28.7. The molecular formula is C16H21N3O2. The molecule has 1 aromatic rings. The lowest BCUT2D eigenvalue weighted by Crippen LogP contribution is -2.58. The van der Waals surface area contributed by atoms with E-state index in [0.29, 0.717) is 31.8 Å². The van der Waals surface area contributed by atoms with Crippen LogP contribution in [0.25, 0.3) is 0 Å². The second kappa shape index (κ2) is 5.06. The van der Waals surface area contributed by atoms with Gasteiger partial charge in [0, 0.05) is 13.1 Å². The van der Waals surface area contributed by atoms with Crippen LogP contribution in [0.15, 0.2) is 29.4 Å². The van der Waals surface area contributed by atoms with Crippen molar-refractivity contribution in [3.05, 3.63) is 35.4 Å². The average Bonchev–Trinajstić information content (AvgIpc) is 2.49. The number of nitrogens with zero attached hydrogens (tertiary/aromatic N) is 2. The first kappa shape index (κ1) is 13.9. The summed E-state index contributed by atoms with van der Waals surface area (Å²) in [5, 5.41) is 12.1. The predicted molar refractivity (Wildman–Crippen MR) is 79.8 cm³/mol. The highest BCUT2D eigenvalue weighted by Gasteiger charge is 2.53. The maximum absolute atomic E-state index is 12.9. The van der Waals surface area contributed by atoms with Crippen LogP contribution in [-0.4, -0.2) is 28.4 Å². The summed E-state index contributed by atoms with van der Waals surface area (Å²) in [6, 6.07) is 8.20. The zero-order chi connectivity index (χ0) is 15.0. The van der Waals surface area contributed by atoms with E-state index in [2.05, 4.69) is 24.2 Å². The van der Waals surface area contributed by atoms with E-state index >= 15 is 0 Å². The molecule has 1 amide bonds. The first-order valence-electron chi connectivity index (χ1n) is 7.41. The van der Waals surface area contributed by atoms with Crippen LogP contribution in [0.4, 0.5) is 0 Å². The highest BCUT2D eigenvalue weighted by molar-refractivity contribution is 6.07. The fraction of sp³-hybridized carbons (Fsp3) is 0.500. The number of carbonyl (C=O) groups excluding carboxylic acids is 1. The minimum atomic E-state index is -0.791. The van der Waals surface area contributed by atoms with Gasteiger partial charge in [0.25, 0.3) is 0 Å². The van der Waals surface area contributed by atoms with Gasteiger partial charge in [-0.2, -0.15) is 0 Å². The molecule has 112 valence electrons. The largest absolute Gasteiger partial charge is 0.409 e. The van der Waals surface area contributed by atoms with Crippen LogP contribution < -0.4 is 5.73 Å². The van der Waals surface area contributed by atoms with Gasteiger partial charge < -0.3 is 15.8 Å². The maximum Gasteiger partial charge on any atom is 0.236 e. The van der Waals surface area contributed by atoms with Crippen molar-refractivity contribution in [3.8, 4) is 0 Å². The Kier molecular flexibility index (Phi) is 3.35. The van der Waals surface area contributed by atoms with Crippen LogP contribution >= 0.6 is 0 Å². The predicted octanol–water partition coefficient (Wildman–Crippen LogP) is 1.73. The summed E-state index contributed by atoms with van der Waals surface area (Å²) < 4.78 is 0. The quantitative estimate of drug-likeness (QED) is 0.376. The average molecular weight is 287 g/mol. The third kappa shape index (κ3) is 2.17. The SMILES string of the molecule is CC1CC(C(=O)N2CCc3ccccc3C2)(/C(N)=N/O)C1. The summed E-state index contributed by atoms with van der Waals surface area (Å²) >= 11 is 0. The summed E-state index contributed by atoms with van der Waals surface area (Å²) in [5.41, 5.74) is 7.54. The Morgan fingerprint density at radius 2 is 2.05 bits per heavy atom. The van der Waals surface area contributed by atoms with Crippen molar-refractivity contribution in [3.63, 3.8) is 0 Å². The molecular weight excluding hydrogens is 266 g/mol. The van der Waals surface area contributed by atoms with Gasteiger partial charge in [-0.25, -0.2) is 0 Å². The van der Waals surface area contributed by atoms with Gasteiger partial charge in [0.15, 0.2) is 5.84 Å². The van der Waals surface area contributed by atoms with E-state index in [1.807, 2.05) is 17.0 Å². The Morgan fingerprint density at radius 1 is 1.38 bits per heavy atom. The van der Waals surface area contributed by atoms with Crippen LogP contribution in [0.3, 0.4) is 0 Å². The molecule has 0 radical (unpaired) electrons. The van der Waals surface area contributed by atoms with Crippen LogP contribution in [0.5, 0.6) is 0 Å². The molecule has 0 spiro atoms. The molecule has 0 saturated heterocycles. The van der Waals surface area contributed by atoms with E-state index in [9.17, 15) is 4.79 Å². The summed E-state index contributed by atoms with van der Waals surface area (Å²) in [4.78, 5) is 14.8. The third-order valence-electron chi connectivity index (χ3n) is 4.82. The summed E-state index contributed by atoms with van der Waals surface area (Å²) in [5.74, 6) is 0.501. The minimum Gasteiger partial charge on any atom is -0.409 e. The second-order valence-corrected chi connectivity index (χ2v) is 6.33. The monoisotopic (exact) mass is 287 g/mol. The Balaban J connectivity index is 1.83. The lowest BCUT2D eigenvalue weighted by molar-refractivity contribution is -0.145. The van der Waals surface area contributed by atoms with Crippen LogP contribution in [-0.2, 0) is 17.8 Å². The van der Waals surface area contributed by atoms with E-state index < -0.39 is 5.41 Å². The van der Waals surface area contributed by atoms with Gasteiger partial charge in [0.05, 0.1) is 0 Å². The molecule has 1 fully saturated rings. The number of rotatable bonds is 2. The first-order valence-corrected chi connectivity index (χ1v) is 7.41. The zero-order valence-electron chi connectivity index (χ0n) is 12.2. The van der Waals surface area contributed by atoms with Gasteiger partial charge in [0.2, 0.25) is 5.91 Å². The standard InChI is InChI=1S/C16H21N3O2/c1-11-8-16(9-11,14(17)18-21)15(20)19-7-6-12-4-2-3-5-13(12)10-19/h2-5,11,21H,6-10H2,1H3,(H2,17,18). The number of amides is 1. The zero-order valence-corrected chi connectivity index (χ0v) is 12.2. The Labute approximate surface area is 124 Å². The molecule has 1 aromatic carbocycles. The molecule has 1 saturated carbocycles. The van der Waals surface area contributed by atoms with Gasteiger partial charge in [-0.3, -0.25) is 4.79 Å². The molecule has 0 aromatic heterocycles. The van der Waals surface area contributed by atoms with Gasteiger partial charge in [-0.15, -0.1) is 0 Å². The Morgan fingerprint density at radius 3 is 2.67 bits per heavy atom. The lowest BCUT2D eigenvalue weighted by Gasteiger charge is -2.47. The summed E-state index contributed by atoms with van der Waals surface area (Å²) in [6.07, 6.45) is 2.20. The highest BCUT2D eigenvalue weighted by Crippen LogP contribution is 2.47. The Bertz CT molecular complexity index is 591. The van der Waals surface area contributed by atoms with E-state index in [4.69, 9.17) is 10.9 Å². The number of carbonyl (C=O) groups is 1. The van der Waals surface area contributed by atoms with Crippen LogP contribution in [0.2, 0.25) is 0 Å². The van der Waals surface area contributed by atoms with E-state index in [1.54, 1.807) is 0 Å². The molecule has 0 unspecified atom stereocenters. The number of fused-ring (bicyclic) bond motifs is 1. The highest BCUT2D eigenvalue weighted by atomic mass is 16.4. The molecule has 1 aliphatic heterocycles. The maximum atomic E-state index is 12.9. The van der Waals surface area contributed by atoms with Crippen molar-refractivity contribution in [2.24, 2.45) is 22.2 Å². The van der Waals surface area contributed by atoms with Crippen molar-refractivity contribution in [1.29, 1.82) is 0 Å². The molecule has 0 atom stereocenters. The number of nitrogens with two attached hydrogens (primary N) is 1. The van der Waals surface area contributed by atoms with E-state index in [0.717, 1.165) is 6.42 Å². The number of benzene rings is 1. The topological polar surface area (TPSA) is 78.9 Å². The number of oxime groups is 1. The molecule has 5 heteroatoms. The lowest BCUT2D eigenvalue weighted by atomic mass is 9.61.